The summed E-state index contributed by atoms with van der Waals surface area (Å²) in [6.45, 7) is 3.24. The first-order valence-corrected chi connectivity index (χ1v) is 8.70. The average molecular weight is 305 g/mol. The van der Waals surface area contributed by atoms with E-state index in [0.29, 0.717) is 18.7 Å². The fourth-order valence-corrected chi connectivity index (χ4v) is 4.94. The second-order valence-corrected chi connectivity index (χ2v) is 7.60. The number of rotatable bonds is 6. The van der Waals surface area contributed by atoms with Gasteiger partial charge in [-0.1, -0.05) is 6.92 Å². The summed E-state index contributed by atoms with van der Waals surface area (Å²) in [6.07, 6.45) is 1.92. The van der Waals surface area contributed by atoms with Crippen LogP contribution in [-0.4, -0.2) is 43.6 Å². The van der Waals surface area contributed by atoms with Crippen LogP contribution in [0.4, 0.5) is 0 Å². The number of ether oxygens (including phenoxy) is 1. The van der Waals surface area contributed by atoms with E-state index in [4.69, 9.17) is 9.84 Å². The molecule has 1 aliphatic rings. The van der Waals surface area contributed by atoms with Gasteiger partial charge in [0.1, 0.15) is 4.21 Å². The number of hydrogen-bond acceptors (Lipinski definition) is 5. The number of aliphatic hydroxyl groups excluding tert-OH is 1. The zero-order chi connectivity index (χ0) is 13.9. The van der Waals surface area contributed by atoms with Crippen molar-refractivity contribution in [2.45, 2.75) is 36.7 Å². The van der Waals surface area contributed by atoms with Gasteiger partial charge >= 0.3 is 0 Å². The summed E-state index contributed by atoms with van der Waals surface area (Å²) in [4.78, 5) is 0. The minimum absolute atomic E-state index is 0.00648. The number of thiophene rings is 1. The van der Waals surface area contributed by atoms with Crippen molar-refractivity contribution in [3.8, 4) is 0 Å². The summed E-state index contributed by atoms with van der Waals surface area (Å²) < 4.78 is 32.2. The number of aliphatic hydroxyl groups is 1. The van der Waals surface area contributed by atoms with Gasteiger partial charge in [-0.3, -0.25) is 0 Å². The topological polar surface area (TPSA) is 66.8 Å². The Labute approximate surface area is 117 Å². The fourth-order valence-electron chi connectivity index (χ4n) is 2.11. The van der Waals surface area contributed by atoms with Crippen molar-refractivity contribution >= 4 is 21.4 Å². The lowest BCUT2D eigenvalue weighted by atomic mass is 10.2. The van der Waals surface area contributed by atoms with Crippen LogP contribution in [-0.2, 0) is 21.4 Å². The third kappa shape index (κ3) is 3.35. The normalized spacial score (nSPS) is 20.3. The highest BCUT2D eigenvalue weighted by molar-refractivity contribution is 7.91. The van der Waals surface area contributed by atoms with Gasteiger partial charge < -0.3 is 9.84 Å². The zero-order valence-corrected chi connectivity index (χ0v) is 12.5. The summed E-state index contributed by atoms with van der Waals surface area (Å²) in [5.74, 6) is 0. The third-order valence-corrected chi connectivity index (χ3v) is 6.60. The van der Waals surface area contributed by atoms with E-state index in [-0.39, 0.29) is 16.9 Å². The predicted octanol–water partition coefficient (Wildman–Crippen LogP) is 1.43. The monoisotopic (exact) mass is 305 g/mol. The van der Waals surface area contributed by atoms with Gasteiger partial charge in [-0.05, 0) is 29.9 Å². The standard InChI is InChI=1S/C12H19NO4S2/c1-2-13(7-11-4-3-5-17-11)19(15,16)12-6-10(8-14)9-18-12/h6,9,11,14H,2-5,7-8H2,1H3. The molecule has 1 N–H and O–H groups in total. The molecule has 1 aliphatic heterocycles. The molecule has 0 saturated carbocycles. The second-order valence-electron chi connectivity index (χ2n) is 4.52. The molecule has 1 fully saturated rings. The van der Waals surface area contributed by atoms with E-state index in [1.807, 2.05) is 6.92 Å². The van der Waals surface area contributed by atoms with Crippen LogP contribution >= 0.6 is 11.3 Å². The van der Waals surface area contributed by atoms with Crippen LogP contribution in [0.2, 0.25) is 0 Å². The Morgan fingerprint density at radius 3 is 2.89 bits per heavy atom. The summed E-state index contributed by atoms with van der Waals surface area (Å²) >= 11 is 1.15. The highest BCUT2D eigenvalue weighted by atomic mass is 32.2. The van der Waals surface area contributed by atoms with Gasteiger partial charge in [0.05, 0.1) is 12.7 Å². The largest absolute Gasteiger partial charge is 0.392 e. The maximum Gasteiger partial charge on any atom is 0.252 e. The average Bonchev–Trinajstić information content (AvgIpc) is 3.06. The maximum absolute atomic E-state index is 12.5. The van der Waals surface area contributed by atoms with Crippen LogP contribution in [0, 0.1) is 0 Å². The van der Waals surface area contributed by atoms with Crippen molar-refractivity contribution in [2.24, 2.45) is 0 Å². The number of sulfonamides is 1. The summed E-state index contributed by atoms with van der Waals surface area (Å²) in [5, 5.41) is 10.7. The molecule has 0 bridgehead atoms. The first kappa shape index (κ1) is 14.9. The van der Waals surface area contributed by atoms with Crippen LogP contribution in [0.15, 0.2) is 15.7 Å². The number of likely N-dealkylation sites (N-methyl/N-ethyl adjacent to an activating group) is 1. The Morgan fingerprint density at radius 1 is 1.58 bits per heavy atom. The molecule has 5 nitrogen and oxygen atoms in total. The van der Waals surface area contributed by atoms with Crippen molar-refractivity contribution in [2.75, 3.05) is 19.7 Å². The molecule has 1 atom stereocenters. The summed E-state index contributed by atoms with van der Waals surface area (Å²) in [6, 6.07) is 1.54. The van der Waals surface area contributed by atoms with Gasteiger partial charge in [0.15, 0.2) is 0 Å². The van der Waals surface area contributed by atoms with Gasteiger partial charge in [0.25, 0.3) is 10.0 Å². The molecular weight excluding hydrogens is 286 g/mol. The quantitative estimate of drug-likeness (QED) is 0.863. The number of hydrogen-bond donors (Lipinski definition) is 1. The summed E-state index contributed by atoms with van der Waals surface area (Å²) in [7, 11) is -3.47. The third-order valence-electron chi connectivity index (χ3n) is 3.19. The fraction of sp³-hybridized carbons (Fsp3) is 0.667. The molecule has 0 aromatic carbocycles. The molecule has 1 saturated heterocycles. The van der Waals surface area contributed by atoms with E-state index < -0.39 is 10.0 Å². The van der Waals surface area contributed by atoms with Crippen molar-refractivity contribution in [3.05, 3.63) is 17.0 Å². The highest BCUT2D eigenvalue weighted by Crippen LogP contribution is 2.25. The molecule has 1 aromatic heterocycles. The Balaban J connectivity index is 2.15. The molecule has 2 rings (SSSR count). The van der Waals surface area contributed by atoms with Crippen molar-refractivity contribution in [1.29, 1.82) is 0 Å². The molecule has 108 valence electrons. The first-order chi connectivity index (χ1) is 9.07. The molecule has 2 heterocycles. The number of nitrogens with zero attached hydrogens (tertiary/aromatic N) is 1. The lowest BCUT2D eigenvalue weighted by Crippen LogP contribution is -2.36. The van der Waals surface area contributed by atoms with Crippen LogP contribution in [0.1, 0.15) is 25.3 Å². The lowest BCUT2D eigenvalue weighted by molar-refractivity contribution is 0.0947. The van der Waals surface area contributed by atoms with Gasteiger partial charge in [-0.15, -0.1) is 11.3 Å². The Bertz CT molecular complexity index is 506. The van der Waals surface area contributed by atoms with Crippen LogP contribution < -0.4 is 0 Å². The van der Waals surface area contributed by atoms with Gasteiger partial charge in [-0.2, -0.15) is 4.31 Å². The van der Waals surface area contributed by atoms with E-state index in [1.54, 1.807) is 5.38 Å². The van der Waals surface area contributed by atoms with Crippen molar-refractivity contribution in [3.63, 3.8) is 0 Å². The Kier molecular flexibility index (Phi) is 4.97. The molecule has 0 aliphatic carbocycles. The molecule has 1 aromatic rings. The Morgan fingerprint density at radius 2 is 2.37 bits per heavy atom. The van der Waals surface area contributed by atoms with Crippen LogP contribution in [0.25, 0.3) is 0 Å². The molecule has 0 radical (unpaired) electrons. The summed E-state index contributed by atoms with van der Waals surface area (Å²) in [5.41, 5.74) is 0.636. The predicted molar refractivity (Wildman–Crippen MR) is 73.6 cm³/mol. The van der Waals surface area contributed by atoms with Crippen LogP contribution in [0.3, 0.4) is 0 Å². The zero-order valence-electron chi connectivity index (χ0n) is 10.9. The van der Waals surface area contributed by atoms with Gasteiger partial charge in [0, 0.05) is 19.7 Å². The molecule has 7 heteroatoms. The van der Waals surface area contributed by atoms with E-state index in [2.05, 4.69) is 0 Å². The Hall–Kier alpha value is -0.470. The van der Waals surface area contributed by atoms with E-state index >= 15 is 0 Å². The molecule has 19 heavy (non-hydrogen) atoms. The highest BCUT2D eigenvalue weighted by Gasteiger charge is 2.28. The smallest absolute Gasteiger partial charge is 0.252 e. The van der Waals surface area contributed by atoms with E-state index in [9.17, 15) is 8.42 Å². The van der Waals surface area contributed by atoms with E-state index in [1.165, 1.54) is 10.4 Å². The minimum Gasteiger partial charge on any atom is -0.392 e. The molecular formula is C12H19NO4S2. The van der Waals surface area contributed by atoms with Crippen molar-refractivity contribution in [1.82, 2.24) is 4.31 Å². The lowest BCUT2D eigenvalue weighted by Gasteiger charge is -2.22. The van der Waals surface area contributed by atoms with Gasteiger partial charge in [0.2, 0.25) is 0 Å². The van der Waals surface area contributed by atoms with Crippen molar-refractivity contribution < 1.29 is 18.3 Å². The van der Waals surface area contributed by atoms with Gasteiger partial charge in [-0.25, -0.2) is 8.42 Å². The second kappa shape index (κ2) is 6.32. The van der Waals surface area contributed by atoms with Crippen LogP contribution in [0.5, 0.6) is 0 Å². The molecule has 0 amide bonds. The van der Waals surface area contributed by atoms with E-state index in [0.717, 1.165) is 30.8 Å². The molecule has 1 unspecified atom stereocenters. The molecule has 0 spiro atoms. The SMILES string of the molecule is CCN(CC1CCCO1)S(=O)(=O)c1cc(CO)cs1. The first-order valence-electron chi connectivity index (χ1n) is 6.38. The minimum atomic E-state index is -3.47. The maximum atomic E-state index is 12.5.